The number of hydrogen-bond acceptors (Lipinski definition) is 5. The Morgan fingerprint density at radius 1 is 1.47 bits per heavy atom. The Kier molecular flexibility index (Phi) is 2.47. The molecule has 5 nitrogen and oxygen atoms in total. The van der Waals surface area contributed by atoms with E-state index in [-0.39, 0.29) is 36.9 Å². The summed E-state index contributed by atoms with van der Waals surface area (Å²) in [6.45, 7) is 0.310. The van der Waals surface area contributed by atoms with Crippen molar-refractivity contribution in [3.63, 3.8) is 0 Å². The second kappa shape index (κ2) is 3.78. The van der Waals surface area contributed by atoms with Crippen LogP contribution in [0.3, 0.4) is 0 Å². The molecule has 0 aromatic heterocycles. The molecule has 1 aromatic rings. The van der Waals surface area contributed by atoms with Gasteiger partial charge in [0.05, 0.1) is 0 Å². The number of ether oxygens (including phenoxy) is 2. The number of carbonyl (C=O) groups is 1. The number of ketones is 1. The molecule has 2 rings (SSSR count). The minimum Gasteiger partial charge on any atom is -0.507 e. The predicted molar refractivity (Wildman–Crippen MR) is 52.2 cm³/mol. The summed E-state index contributed by atoms with van der Waals surface area (Å²) in [7, 11) is 0. The lowest BCUT2D eigenvalue weighted by Gasteiger charge is -2.06. The van der Waals surface area contributed by atoms with Gasteiger partial charge in [-0.2, -0.15) is 0 Å². The molecular weight excluding hydrogens is 198 g/mol. The zero-order chi connectivity index (χ0) is 10.8. The summed E-state index contributed by atoms with van der Waals surface area (Å²) in [5, 5.41) is 9.57. The van der Waals surface area contributed by atoms with Crippen LogP contribution in [0.5, 0.6) is 17.2 Å². The maximum Gasteiger partial charge on any atom is 0.231 e. The van der Waals surface area contributed by atoms with Crippen LogP contribution in [0.1, 0.15) is 16.8 Å². The maximum atomic E-state index is 11.6. The van der Waals surface area contributed by atoms with E-state index < -0.39 is 0 Å². The topological polar surface area (TPSA) is 81.8 Å². The fraction of sp³-hybridized carbons (Fsp3) is 0.300. The minimum atomic E-state index is -0.239. The molecule has 0 atom stereocenters. The van der Waals surface area contributed by atoms with Gasteiger partial charge in [0, 0.05) is 6.42 Å². The SMILES string of the molecule is NCCC(=O)c1c(O)ccc2c1OCO2. The first-order valence-corrected chi connectivity index (χ1v) is 4.59. The summed E-state index contributed by atoms with van der Waals surface area (Å²) in [4.78, 5) is 11.6. The molecule has 1 heterocycles. The van der Waals surface area contributed by atoms with Gasteiger partial charge in [-0.05, 0) is 18.7 Å². The van der Waals surface area contributed by atoms with Crippen LogP contribution in [0, 0.1) is 0 Å². The van der Waals surface area contributed by atoms with Gasteiger partial charge in [0.15, 0.2) is 17.3 Å². The van der Waals surface area contributed by atoms with E-state index in [9.17, 15) is 9.90 Å². The smallest absolute Gasteiger partial charge is 0.231 e. The van der Waals surface area contributed by atoms with Crippen LogP contribution in [0.2, 0.25) is 0 Å². The fourth-order valence-electron chi connectivity index (χ4n) is 1.49. The number of Topliss-reactive ketones (excluding diaryl/α,β-unsaturated/α-hetero) is 1. The molecule has 0 aliphatic carbocycles. The molecule has 3 N–H and O–H groups in total. The van der Waals surface area contributed by atoms with E-state index in [0.717, 1.165) is 0 Å². The molecule has 1 aromatic carbocycles. The van der Waals surface area contributed by atoms with E-state index >= 15 is 0 Å². The molecule has 5 heteroatoms. The molecule has 1 aliphatic rings. The molecule has 0 amide bonds. The number of carbonyl (C=O) groups excluding carboxylic acids is 1. The van der Waals surface area contributed by atoms with Crippen LogP contribution in [-0.2, 0) is 0 Å². The molecule has 0 unspecified atom stereocenters. The summed E-state index contributed by atoms with van der Waals surface area (Å²) >= 11 is 0. The molecule has 0 saturated heterocycles. The summed E-state index contributed by atoms with van der Waals surface area (Å²) in [5.74, 6) is 0.455. The Bertz CT molecular complexity index is 403. The van der Waals surface area contributed by atoms with Crippen molar-refractivity contribution in [2.45, 2.75) is 6.42 Å². The lowest BCUT2D eigenvalue weighted by atomic mass is 10.1. The van der Waals surface area contributed by atoms with Gasteiger partial charge in [0.25, 0.3) is 0 Å². The second-order valence-electron chi connectivity index (χ2n) is 3.16. The van der Waals surface area contributed by atoms with E-state index in [4.69, 9.17) is 15.2 Å². The first-order valence-electron chi connectivity index (χ1n) is 4.59. The summed E-state index contributed by atoms with van der Waals surface area (Å²) < 4.78 is 10.2. The Labute approximate surface area is 86.4 Å². The van der Waals surface area contributed by atoms with Gasteiger partial charge in [-0.25, -0.2) is 0 Å². The summed E-state index contributed by atoms with van der Waals surface area (Å²) in [6.07, 6.45) is 0.174. The van der Waals surface area contributed by atoms with E-state index in [1.807, 2.05) is 0 Å². The minimum absolute atomic E-state index is 0.0711. The third-order valence-corrected chi connectivity index (χ3v) is 2.17. The van der Waals surface area contributed by atoms with Gasteiger partial charge in [-0.15, -0.1) is 0 Å². The average Bonchev–Trinajstić information content (AvgIpc) is 2.65. The predicted octanol–water partition coefficient (Wildman–Crippen LogP) is 0.652. The van der Waals surface area contributed by atoms with Gasteiger partial charge in [-0.3, -0.25) is 4.79 Å². The Morgan fingerprint density at radius 3 is 3.00 bits per heavy atom. The van der Waals surface area contributed by atoms with Crippen LogP contribution in [0.15, 0.2) is 12.1 Å². The molecule has 1 aliphatic heterocycles. The van der Waals surface area contributed by atoms with Gasteiger partial charge < -0.3 is 20.3 Å². The third-order valence-electron chi connectivity index (χ3n) is 2.17. The van der Waals surface area contributed by atoms with E-state index in [1.54, 1.807) is 6.07 Å². The second-order valence-corrected chi connectivity index (χ2v) is 3.16. The first kappa shape index (κ1) is 9.79. The number of nitrogens with two attached hydrogens (primary N) is 1. The van der Waals surface area contributed by atoms with Crippen molar-refractivity contribution in [2.24, 2.45) is 5.73 Å². The standard InChI is InChI=1S/C10H11NO4/c11-4-3-7(13)9-6(12)1-2-8-10(9)15-5-14-8/h1-2,12H,3-5,11H2. The molecule has 80 valence electrons. The van der Waals surface area contributed by atoms with Crippen LogP contribution >= 0.6 is 0 Å². The average molecular weight is 209 g/mol. The highest BCUT2D eigenvalue weighted by molar-refractivity contribution is 6.02. The van der Waals surface area contributed by atoms with Crippen molar-refractivity contribution < 1.29 is 19.4 Å². The molecular formula is C10H11NO4. The number of phenols is 1. The van der Waals surface area contributed by atoms with Gasteiger partial charge >= 0.3 is 0 Å². The number of phenolic OH excluding ortho intramolecular Hbond substituents is 1. The number of aromatic hydroxyl groups is 1. The van der Waals surface area contributed by atoms with Crippen LogP contribution in [-0.4, -0.2) is 24.2 Å². The van der Waals surface area contributed by atoms with Crippen LogP contribution < -0.4 is 15.2 Å². The van der Waals surface area contributed by atoms with Gasteiger partial charge in [-0.1, -0.05) is 0 Å². The van der Waals surface area contributed by atoms with Crippen LogP contribution in [0.25, 0.3) is 0 Å². The van der Waals surface area contributed by atoms with Crippen LogP contribution in [0.4, 0.5) is 0 Å². The lowest BCUT2D eigenvalue weighted by Crippen LogP contribution is -2.09. The summed E-state index contributed by atoms with van der Waals surface area (Å²) in [6, 6.07) is 2.98. The van der Waals surface area contributed by atoms with Crippen molar-refractivity contribution in [1.29, 1.82) is 0 Å². The van der Waals surface area contributed by atoms with Crippen molar-refractivity contribution >= 4 is 5.78 Å². The Balaban J connectivity index is 2.45. The van der Waals surface area contributed by atoms with Crippen molar-refractivity contribution in [3.05, 3.63) is 17.7 Å². The molecule has 0 bridgehead atoms. The zero-order valence-corrected chi connectivity index (χ0v) is 8.03. The van der Waals surface area contributed by atoms with Crippen molar-refractivity contribution in [3.8, 4) is 17.2 Å². The fourth-order valence-corrected chi connectivity index (χ4v) is 1.49. The van der Waals surface area contributed by atoms with E-state index in [2.05, 4.69) is 0 Å². The maximum absolute atomic E-state index is 11.6. The molecule has 0 radical (unpaired) electrons. The first-order chi connectivity index (χ1) is 7.24. The third kappa shape index (κ3) is 1.61. The number of hydrogen-bond donors (Lipinski definition) is 2. The van der Waals surface area contributed by atoms with Gasteiger partial charge in [0.2, 0.25) is 6.79 Å². The van der Waals surface area contributed by atoms with E-state index in [0.29, 0.717) is 11.5 Å². The zero-order valence-electron chi connectivity index (χ0n) is 8.03. The number of rotatable bonds is 3. The normalized spacial score (nSPS) is 12.9. The molecule has 0 spiro atoms. The monoisotopic (exact) mass is 209 g/mol. The number of benzene rings is 1. The summed E-state index contributed by atoms with van der Waals surface area (Å²) in [5.41, 5.74) is 5.45. The molecule has 0 saturated carbocycles. The number of fused-ring (bicyclic) bond motifs is 1. The largest absolute Gasteiger partial charge is 0.507 e. The van der Waals surface area contributed by atoms with Crippen molar-refractivity contribution in [1.82, 2.24) is 0 Å². The van der Waals surface area contributed by atoms with Gasteiger partial charge in [0.1, 0.15) is 11.3 Å². The van der Waals surface area contributed by atoms with E-state index in [1.165, 1.54) is 6.07 Å². The highest BCUT2D eigenvalue weighted by Gasteiger charge is 2.24. The highest BCUT2D eigenvalue weighted by Crippen LogP contribution is 2.40. The lowest BCUT2D eigenvalue weighted by molar-refractivity contribution is 0.0978. The highest BCUT2D eigenvalue weighted by atomic mass is 16.7. The van der Waals surface area contributed by atoms with Crippen molar-refractivity contribution in [2.75, 3.05) is 13.3 Å². The molecule has 0 fully saturated rings. The Hall–Kier alpha value is -1.75. The molecule has 15 heavy (non-hydrogen) atoms. The Morgan fingerprint density at radius 2 is 2.27 bits per heavy atom. The quantitative estimate of drug-likeness (QED) is 0.714.